The molecule has 0 heterocycles. The molecule has 376 valence electrons. The molecule has 0 aliphatic heterocycles. The van der Waals surface area contributed by atoms with Crippen LogP contribution in [0.2, 0.25) is 0 Å². The highest BCUT2D eigenvalue weighted by Gasteiger charge is 2.51. The van der Waals surface area contributed by atoms with Crippen molar-refractivity contribution in [2.24, 2.45) is 17.8 Å². The van der Waals surface area contributed by atoms with E-state index in [9.17, 15) is 0 Å². The molecule has 0 spiro atoms. The predicted molar refractivity (Wildman–Crippen MR) is 315 cm³/mol. The van der Waals surface area contributed by atoms with Crippen molar-refractivity contribution in [3.8, 4) is 22.3 Å². The third-order valence-corrected chi connectivity index (χ3v) is 19.7. The normalized spacial score (nSPS) is 22.4. The van der Waals surface area contributed by atoms with Crippen LogP contribution in [0.3, 0.4) is 0 Å². The highest BCUT2D eigenvalue weighted by molar-refractivity contribution is 5.94. The molecule has 0 saturated heterocycles. The van der Waals surface area contributed by atoms with Gasteiger partial charge >= 0.3 is 0 Å². The monoisotopic (exact) mass is 979 g/mol. The second kappa shape index (κ2) is 19.2. The second-order valence-electron chi connectivity index (χ2n) is 24.8. The fourth-order valence-corrected chi connectivity index (χ4v) is 16.2. The number of fused-ring (bicyclic) bond motifs is 3. The lowest BCUT2D eigenvalue weighted by molar-refractivity contribution is -0.00518. The first-order valence-corrected chi connectivity index (χ1v) is 29.3. The van der Waals surface area contributed by atoms with Crippen molar-refractivity contribution in [3.05, 3.63) is 226 Å². The molecule has 75 heavy (non-hydrogen) atoms. The summed E-state index contributed by atoms with van der Waals surface area (Å²) in [6, 6.07) is 71.3. The maximum atomic E-state index is 2.63. The van der Waals surface area contributed by atoms with Gasteiger partial charge < -0.3 is 9.80 Å². The van der Waals surface area contributed by atoms with Crippen LogP contribution in [0.1, 0.15) is 148 Å². The molecule has 8 aromatic carbocycles. The summed E-state index contributed by atoms with van der Waals surface area (Å²) >= 11 is 0. The van der Waals surface area contributed by atoms with Crippen molar-refractivity contribution in [1.29, 1.82) is 0 Å². The lowest BCUT2D eigenvalue weighted by Gasteiger charge is -2.57. The van der Waals surface area contributed by atoms with Gasteiger partial charge in [-0.2, -0.15) is 0 Å². The molecule has 5 saturated carbocycles. The van der Waals surface area contributed by atoms with Crippen LogP contribution in [-0.4, -0.2) is 0 Å². The number of aryl methyl sites for hydroxylation is 4. The molecule has 8 bridgehead atoms. The van der Waals surface area contributed by atoms with Crippen molar-refractivity contribution in [1.82, 2.24) is 0 Å². The molecular formula is C73H74N2. The molecule has 0 unspecified atom stereocenters. The number of rotatable bonds is 9. The largest absolute Gasteiger partial charge is 0.310 e. The summed E-state index contributed by atoms with van der Waals surface area (Å²) < 4.78 is 0. The minimum Gasteiger partial charge on any atom is -0.310 e. The van der Waals surface area contributed by atoms with E-state index in [1.54, 1.807) is 5.56 Å². The standard InChI is InChI=1S/C73H74N2/c1-72(2)67-22-14-21-65(57-17-10-6-11-18-57)71(67)66-40-39-64(46-68(66)72)75(62-35-31-56(32-36-62)55-15-8-4-3-5-9-16-55)70-45-51-24-28-58-27-23-50(25-29-59(70)30-26-51)44-69(58)74(61-19-12-7-13-20-61)63-37-33-60(34-38-63)73-47-52-41-53(48-73)43-54(42-52)49-73/h6-7,10-14,17-23,26-27,30-40,44-46,52-55H,3-5,8-9,15-16,24-25,28-29,41-43,47-49H2,1-2H3. The van der Waals surface area contributed by atoms with Crippen LogP contribution in [0.25, 0.3) is 22.3 Å². The van der Waals surface area contributed by atoms with E-state index in [1.165, 1.54) is 179 Å². The average molecular weight is 979 g/mol. The van der Waals surface area contributed by atoms with Crippen LogP contribution in [-0.2, 0) is 36.5 Å². The molecular weight excluding hydrogens is 905 g/mol. The molecule has 0 aromatic heterocycles. The Morgan fingerprint density at radius 1 is 0.413 bits per heavy atom. The number of anilines is 6. The van der Waals surface area contributed by atoms with Gasteiger partial charge in [0.15, 0.2) is 0 Å². The second-order valence-corrected chi connectivity index (χ2v) is 24.8. The molecule has 0 atom stereocenters. The Balaban J connectivity index is 0.836. The molecule has 10 aliphatic carbocycles. The number of hydrogen-bond donors (Lipinski definition) is 0. The van der Waals surface area contributed by atoms with Crippen LogP contribution in [0.15, 0.2) is 182 Å². The van der Waals surface area contributed by atoms with Crippen molar-refractivity contribution in [2.75, 3.05) is 9.80 Å². The maximum absolute atomic E-state index is 2.63. The lowest BCUT2D eigenvalue weighted by Crippen LogP contribution is -2.48. The molecule has 2 nitrogen and oxygen atoms in total. The van der Waals surface area contributed by atoms with Gasteiger partial charge in [-0.1, -0.05) is 167 Å². The third-order valence-electron chi connectivity index (χ3n) is 19.7. The first-order valence-electron chi connectivity index (χ1n) is 29.3. The average Bonchev–Trinajstić information content (AvgIpc) is 3.70. The molecule has 8 aromatic rings. The summed E-state index contributed by atoms with van der Waals surface area (Å²) in [5.74, 6) is 3.47. The van der Waals surface area contributed by atoms with Gasteiger partial charge in [0.05, 0.1) is 0 Å². The summed E-state index contributed by atoms with van der Waals surface area (Å²) in [7, 11) is 0. The van der Waals surface area contributed by atoms with Gasteiger partial charge in [0.1, 0.15) is 0 Å². The van der Waals surface area contributed by atoms with Crippen molar-refractivity contribution in [3.63, 3.8) is 0 Å². The Kier molecular flexibility index (Phi) is 12.0. The summed E-state index contributed by atoms with van der Waals surface area (Å²) in [5, 5.41) is 0. The van der Waals surface area contributed by atoms with Crippen LogP contribution >= 0.6 is 0 Å². The van der Waals surface area contributed by atoms with E-state index in [0.717, 1.165) is 43.4 Å². The molecule has 5 fully saturated rings. The van der Waals surface area contributed by atoms with Gasteiger partial charge in [0.25, 0.3) is 0 Å². The Morgan fingerprint density at radius 3 is 1.56 bits per heavy atom. The minimum absolute atomic E-state index is 0.158. The van der Waals surface area contributed by atoms with Crippen LogP contribution in [0, 0.1) is 17.8 Å². The van der Waals surface area contributed by atoms with Crippen LogP contribution in [0.4, 0.5) is 34.1 Å². The van der Waals surface area contributed by atoms with Crippen molar-refractivity contribution >= 4 is 34.1 Å². The number of hydrogen-bond acceptors (Lipinski definition) is 2. The first-order chi connectivity index (χ1) is 36.8. The Bertz CT molecular complexity index is 3320. The Hall–Kier alpha value is -6.64. The van der Waals surface area contributed by atoms with E-state index in [-0.39, 0.29) is 5.41 Å². The lowest BCUT2D eigenvalue weighted by atomic mass is 9.48. The summed E-state index contributed by atoms with van der Waals surface area (Å²) in [4.78, 5) is 5.20. The fraction of sp³-hybridized carbons (Fsp3) is 0.342. The Morgan fingerprint density at radius 2 is 0.947 bits per heavy atom. The van der Waals surface area contributed by atoms with Gasteiger partial charge in [0, 0.05) is 39.5 Å². The van der Waals surface area contributed by atoms with Crippen molar-refractivity contribution in [2.45, 2.75) is 140 Å². The zero-order valence-corrected chi connectivity index (χ0v) is 44.5. The number of para-hydroxylation sites is 1. The van der Waals surface area contributed by atoms with Crippen LogP contribution < -0.4 is 9.80 Å². The first kappa shape index (κ1) is 46.9. The minimum atomic E-state index is -0.158. The molecule has 18 rings (SSSR count). The SMILES string of the molecule is CC1(C)c2cc(N(c3ccc(C4CCCCCCC4)cc3)c3cc4ccc3CCc3ccc(c(N(c5ccccc5)c5ccc(C67CC8CC(CC(C8)C6)C7)cc5)c3)CC4)ccc2-c2c(-c3ccccc3)cccc21. The van der Waals surface area contributed by atoms with Crippen LogP contribution in [0.5, 0.6) is 0 Å². The Labute approximate surface area is 447 Å². The van der Waals surface area contributed by atoms with E-state index < -0.39 is 0 Å². The van der Waals surface area contributed by atoms with E-state index >= 15 is 0 Å². The van der Waals surface area contributed by atoms with E-state index in [1.807, 2.05) is 0 Å². The molecule has 0 radical (unpaired) electrons. The highest BCUT2D eigenvalue weighted by atomic mass is 15.2. The number of benzene rings is 8. The summed E-state index contributed by atoms with van der Waals surface area (Å²) in [6.45, 7) is 4.87. The molecule has 0 N–H and O–H groups in total. The molecule has 10 aliphatic rings. The number of nitrogens with zero attached hydrogens (tertiary/aromatic N) is 2. The maximum Gasteiger partial charge on any atom is 0.0496 e. The third kappa shape index (κ3) is 8.56. The topological polar surface area (TPSA) is 6.48 Å². The van der Waals surface area contributed by atoms with Gasteiger partial charge in [-0.05, 0) is 234 Å². The summed E-state index contributed by atoms with van der Waals surface area (Å²) in [5.41, 5.74) is 24.6. The zero-order valence-electron chi connectivity index (χ0n) is 44.5. The van der Waals surface area contributed by atoms with Gasteiger partial charge in [0.2, 0.25) is 0 Å². The summed E-state index contributed by atoms with van der Waals surface area (Å²) in [6.07, 6.45) is 21.9. The van der Waals surface area contributed by atoms with Gasteiger partial charge in [-0.25, -0.2) is 0 Å². The van der Waals surface area contributed by atoms with E-state index in [4.69, 9.17) is 0 Å². The van der Waals surface area contributed by atoms with Gasteiger partial charge in [-0.15, -0.1) is 0 Å². The van der Waals surface area contributed by atoms with E-state index in [2.05, 4.69) is 206 Å². The van der Waals surface area contributed by atoms with Gasteiger partial charge in [-0.3, -0.25) is 0 Å². The van der Waals surface area contributed by atoms with Crippen molar-refractivity contribution < 1.29 is 0 Å². The highest BCUT2D eigenvalue weighted by Crippen LogP contribution is 2.61. The molecule has 0 amide bonds. The van der Waals surface area contributed by atoms with E-state index in [0.29, 0.717) is 11.3 Å². The smallest absolute Gasteiger partial charge is 0.0496 e. The molecule has 2 heteroatoms. The zero-order chi connectivity index (χ0) is 50.1. The predicted octanol–water partition coefficient (Wildman–Crippen LogP) is 19.8. The fourth-order valence-electron chi connectivity index (χ4n) is 16.2. The quantitative estimate of drug-likeness (QED) is 0.142.